The molecule has 2 fully saturated rings. The first-order valence-corrected chi connectivity index (χ1v) is 12.2. The van der Waals surface area contributed by atoms with Gasteiger partial charge in [-0.15, -0.1) is 10.2 Å². The van der Waals surface area contributed by atoms with Crippen molar-refractivity contribution >= 4 is 17.5 Å². The van der Waals surface area contributed by atoms with Gasteiger partial charge in [-0.25, -0.2) is 4.90 Å². The molecule has 0 spiro atoms. The molecule has 10 heteroatoms. The van der Waals surface area contributed by atoms with Crippen molar-refractivity contribution in [2.24, 2.45) is 0 Å². The monoisotopic (exact) mass is 490 g/mol. The Morgan fingerprint density at radius 1 is 1.00 bits per heavy atom. The molecule has 36 heavy (non-hydrogen) atoms. The smallest absolute Gasteiger partial charge is 0.251 e. The molecule has 3 heterocycles. The van der Waals surface area contributed by atoms with Gasteiger partial charge in [0.05, 0.1) is 38.4 Å². The molecule has 1 aromatic heterocycles. The molecule has 2 aromatic carbocycles. The normalized spacial score (nSPS) is 19.2. The zero-order valence-corrected chi connectivity index (χ0v) is 20.8. The second-order valence-electron chi connectivity index (χ2n) is 9.04. The third kappa shape index (κ3) is 4.32. The average Bonchev–Trinajstić information content (AvgIpc) is 3.53. The number of tetrazole rings is 1. The molecule has 0 unspecified atom stereocenters. The lowest BCUT2D eigenvalue weighted by molar-refractivity contribution is -0.123. The predicted molar refractivity (Wildman–Crippen MR) is 133 cm³/mol. The minimum atomic E-state index is -0.422. The van der Waals surface area contributed by atoms with Gasteiger partial charge in [-0.3, -0.25) is 14.5 Å². The molecule has 188 valence electrons. The number of carbonyl (C=O) groups excluding carboxylic acids is 2. The molecule has 2 saturated heterocycles. The number of benzene rings is 2. The molecule has 0 saturated carbocycles. The SMILES string of the molecule is CCc1ccccc1N1C(=O)C[C@H](N2CCC(n3nnc(-c4ccc(OC)c(OC)c4)n3)CC2)C1=O. The number of aryl methyl sites for hydroxylation is 1. The van der Waals surface area contributed by atoms with Crippen LogP contribution in [0.25, 0.3) is 11.4 Å². The van der Waals surface area contributed by atoms with Crippen molar-refractivity contribution in [3.8, 4) is 22.9 Å². The van der Waals surface area contributed by atoms with E-state index in [1.165, 1.54) is 4.90 Å². The molecule has 0 aliphatic carbocycles. The van der Waals surface area contributed by atoms with Gasteiger partial charge in [-0.1, -0.05) is 25.1 Å². The molecule has 10 nitrogen and oxygen atoms in total. The van der Waals surface area contributed by atoms with E-state index < -0.39 is 6.04 Å². The number of anilines is 1. The Bertz CT molecular complexity index is 1270. The molecule has 2 aliphatic heterocycles. The number of imide groups is 1. The lowest BCUT2D eigenvalue weighted by Gasteiger charge is -2.34. The summed E-state index contributed by atoms with van der Waals surface area (Å²) in [5, 5.41) is 13.1. The Hall–Kier alpha value is -3.79. The van der Waals surface area contributed by atoms with Crippen molar-refractivity contribution in [3.63, 3.8) is 0 Å². The minimum absolute atomic E-state index is 0.0757. The fourth-order valence-electron chi connectivity index (χ4n) is 5.08. The Kier molecular flexibility index (Phi) is 6.69. The van der Waals surface area contributed by atoms with Crippen LogP contribution in [0.5, 0.6) is 11.5 Å². The van der Waals surface area contributed by atoms with E-state index in [0.717, 1.165) is 30.4 Å². The molecule has 2 amide bonds. The molecule has 0 N–H and O–H groups in total. The summed E-state index contributed by atoms with van der Waals surface area (Å²) in [7, 11) is 3.18. The highest BCUT2D eigenvalue weighted by atomic mass is 16.5. The van der Waals surface area contributed by atoms with E-state index in [4.69, 9.17) is 9.47 Å². The van der Waals surface area contributed by atoms with Crippen molar-refractivity contribution in [3.05, 3.63) is 48.0 Å². The summed E-state index contributed by atoms with van der Waals surface area (Å²) >= 11 is 0. The van der Waals surface area contributed by atoms with E-state index in [9.17, 15) is 9.59 Å². The third-order valence-corrected chi connectivity index (χ3v) is 7.07. The number of likely N-dealkylation sites (tertiary alicyclic amines) is 1. The van der Waals surface area contributed by atoms with Crippen LogP contribution in [-0.4, -0.2) is 70.3 Å². The van der Waals surface area contributed by atoms with Gasteiger partial charge in [0.2, 0.25) is 11.7 Å². The first kappa shape index (κ1) is 23.9. The Labute approximate surface area is 209 Å². The fourth-order valence-corrected chi connectivity index (χ4v) is 5.08. The van der Waals surface area contributed by atoms with E-state index in [-0.39, 0.29) is 24.3 Å². The van der Waals surface area contributed by atoms with Crippen molar-refractivity contribution in [1.29, 1.82) is 0 Å². The highest BCUT2D eigenvalue weighted by molar-refractivity contribution is 6.22. The second-order valence-corrected chi connectivity index (χ2v) is 9.04. The molecule has 2 aliphatic rings. The fraction of sp³-hybridized carbons (Fsp3) is 0.423. The lowest BCUT2D eigenvalue weighted by atomic mass is 10.0. The summed E-state index contributed by atoms with van der Waals surface area (Å²) in [4.78, 5) is 31.3. The van der Waals surface area contributed by atoms with Crippen molar-refractivity contribution in [2.75, 3.05) is 32.2 Å². The second kappa shape index (κ2) is 10.1. The number of ether oxygens (including phenoxy) is 2. The van der Waals surface area contributed by atoms with Crippen LogP contribution in [0.2, 0.25) is 0 Å². The number of nitrogens with zero attached hydrogens (tertiary/aromatic N) is 6. The molecular formula is C26H30N6O4. The van der Waals surface area contributed by atoms with Crippen molar-refractivity contribution < 1.29 is 19.1 Å². The summed E-state index contributed by atoms with van der Waals surface area (Å²) in [5.74, 6) is 1.49. The first-order chi connectivity index (χ1) is 17.5. The summed E-state index contributed by atoms with van der Waals surface area (Å²) in [6, 6.07) is 12.8. The maximum Gasteiger partial charge on any atom is 0.251 e. The maximum absolute atomic E-state index is 13.3. The zero-order valence-electron chi connectivity index (χ0n) is 20.8. The van der Waals surface area contributed by atoms with Gasteiger partial charge in [0.25, 0.3) is 5.91 Å². The number of amides is 2. The number of aromatic nitrogens is 4. The van der Waals surface area contributed by atoms with E-state index in [1.807, 2.05) is 49.4 Å². The van der Waals surface area contributed by atoms with E-state index >= 15 is 0 Å². The van der Waals surface area contributed by atoms with E-state index in [2.05, 4.69) is 20.3 Å². The van der Waals surface area contributed by atoms with Gasteiger partial charge < -0.3 is 9.47 Å². The number of methoxy groups -OCH3 is 2. The van der Waals surface area contributed by atoms with Gasteiger partial charge in [-0.05, 0) is 54.3 Å². The van der Waals surface area contributed by atoms with Crippen LogP contribution in [0.3, 0.4) is 0 Å². The number of hydrogen-bond acceptors (Lipinski definition) is 8. The van der Waals surface area contributed by atoms with Gasteiger partial charge in [-0.2, -0.15) is 4.80 Å². The van der Waals surface area contributed by atoms with Crippen LogP contribution in [0.4, 0.5) is 5.69 Å². The lowest BCUT2D eigenvalue weighted by Crippen LogP contribution is -2.46. The third-order valence-electron chi connectivity index (χ3n) is 7.07. The van der Waals surface area contributed by atoms with E-state index in [1.54, 1.807) is 19.0 Å². The maximum atomic E-state index is 13.3. The quantitative estimate of drug-likeness (QED) is 0.466. The summed E-state index contributed by atoms with van der Waals surface area (Å²) in [6.45, 7) is 3.40. The van der Waals surface area contributed by atoms with Crippen molar-refractivity contribution in [2.45, 2.75) is 44.7 Å². The minimum Gasteiger partial charge on any atom is -0.493 e. The zero-order chi connectivity index (χ0) is 25.2. The Morgan fingerprint density at radius 3 is 2.47 bits per heavy atom. The molecule has 0 radical (unpaired) electrons. The Balaban J connectivity index is 1.25. The van der Waals surface area contributed by atoms with Crippen LogP contribution >= 0.6 is 0 Å². The number of para-hydroxylation sites is 1. The van der Waals surface area contributed by atoms with Gasteiger partial charge in [0, 0.05) is 18.7 Å². The first-order valence-electron chi connectivity index (χ1n) is 12.2. The Morgan fingerprint density at radius 2 is 1.75 bits per heavy atom. The number of rotatable bonds is 7. The van der Waals surface area contributed by atoms with Crippen LogP contribution in [-0.2, 0) is 16.0 Å². The van der Waals surface area contributed by atoms with E-state index in [0.29, 0.717) is 36.1 Å². The van der Waals surface area contributed by atoms with Crippen LogP contribution < -0.4 is 14.4 Å². The predicted octanol–water partition coefficient (Wildman–Crippen LogP) is 2.89. The van der Waals surface area contributed by atoms with Crippen LogP contribution in [0.1, 0.15) is 37.8 Å². The van der Waals surface area contributed by atoms with Crippen molar-refractivity contribution in [1.82, 2.24) is 25.1 Å². The highest BCUT2D eigenvalue weighted by Crippen LogP contribution is 2.33. The van der Waals surface area contributed by atoms with Crippen LogP contribution in [0.15, 0.2) is 42.5 Å². The summed E-state index contributed by atoms with van der Waals surface area (Å²) in [5.41, 5.74) is 2.50. The van der Waals surface area contributed by atoms with Gasteiger partial charge >= 0.3 is 0 Å². The molecule has 1 atom stereocenters. The topological polar surface area (TPSA) is 103 Å². The highest BCUT2D eigenvalue weighted by Gasteiger charge is 2.44. The number of piperidine rings is 1. The molecular weight excluding hydrogens is 460 g/mol. The van der Waals surface area contributed by atoms with Gasteiger partial charge in [0.15, 0.2) is 11.5 Å². The largest absolute Gasteiger partial charge is 0.493 e. The van der Waals surface area contributed by atoms with Gasteiger partial charge in [0.1, 0.15) is 0 Å². The summed E-state index contributed by atoms with van der Waals surface area (Å²) in [6.07, 6.45) is 2.52. The average molecular weight is 491 g/mol. The van der Waals surface area contributed by atoms with Crippen LogP contribution in [0, 0.1) is 0 Å². The number of hydrogen-bond donors (Lipinski definition) is 0. The molecule has 3 aromatic rings. The molecule has 5 rings (SSSR count). The summed E-state index contributed by atoms with van der Waals surface area (Å²) < 4.78 is 10.7. The number of carbonyl (C=O) groups is 2. The standard InChI is InChI=1S/C26H30N6O4/c1-4-17-7-5-6-8-20(17)31-24(33)16-21(26(31)34)30-13-11-19(12-14-30)32-28-25(27-29-32)18-9-10-22(35-2)23(15-18)36-3/h5-10,15,19,21H,4,11-14,16H2,1-3H3/t21-/m0/s1. The molecule has 0 bridgehead atoms.